The van der Waals surface area contributed by atoms with Crippen molar-refractivity contribution in [1.82, 2.24) is 4.98 Å². The quantitative estimate of drug-likeness (QED) is 0.674. The van der Waals surface area contributed by atoms with Crippen LogP contribution < -0.4 is 0 Å². The molecule has 0 amide bonds. The summed E-state index contributed by atoms with van der Waals surface area (Å²) in [5.41, 5.74) is 0. The van der Waals surface area contributed by atoms with Gasteiger partial charge in [0.1, 0.15) is 0 Å². The SMILES string of the molecule is CCC(C)c1ncc(C(C)=O)s1. The third kappa shape index (κ3) is 1.91. The first kappa shape index (κ1) is 9.39. The minimum atomic E-state index is 0.113. The maximum Gasteiger partial charge on any atom is 0.171 e. The number of hydrogen-bond donors (Lipinski definition) is 0. The molecule has 0 fully saturated rings. The van der Waals surface area contributed by atoms with E-state index in [2.05, 4.69) is 18.8 Å². The highest BCUT2D eigenvalue weighted by atomic mass is 32.1. The molecule has 1 heterocycles. The Bertz CT molecular complexity index is 280. The monoisotopic (exact) mass is 183 g/mol. The van der Waals surface area contributed by atoms with Gasteiger partial charge in [-0.05, 0) is 6.42 Å². The molecular formula is C9H13NOS. The lowest BCUT2D eigenvalue weighted by molar-refractivity contribution is 0.102. The summed E-state index contributed by atoms with van der Waals surface area (Å²) in [4.78, 5) is 15.9. The van der Waals surface area contributed by atoms with E-state index in [0.717, 1.165) is 16.3 Å². The average molecular weight is 183 g/mol. The highest BCUT2D eigenvalue weighted by molar-refractivity contribution is 7.13. The normalized spacial score (nSPS) is 12.9. The molecule has 1 unspecified atom stereocenters. The Morgan fingerprint density at radius 3 is 2.83 bits per heavy atom. The van der Waals surface area contributed by atoms with E-state index in [0.29, 0.717) is 5.92 Å². The molecule has 0 saturated carbocycles. The Morgan fingerprint density at radius 1 is 1.75 bits per heavy atom. The van der Waals surface area contributed by atoms with Crippen LogP contribution in [0.15, 0.2) is 6.20 Å². The van der Waals surface area contributed by atoms with Crippen LogP contribution in [0.25, 0.3) is 0 Å². The summed E-state index contributed by atoms with van der Waals surface area (Å²) in [6.45, 7) is 5.83. The number of thiazole rings is 1. The van der Waals surface area contributed by atoms with E-state index in [1.165, 1.54) is 11.3 Å². The maximum absolute atomic E-state index is 10.9. The minimum Gasteiger partial charge on any atom is -0.294 e. The summed E-state index contributed by atoms with van der Waals surface area (Å²) in [6, 6.07) is 0. The van der Waals surface area contributed by atoms with Gasteiger partial charge in [-0.2, -0.15) is 0 Å². The molecule has 0 radical (unpaired) electrons. The second-order valence-electron chi connectivity index (χ2n) is 2.93. The van der Waals surface area contributed by atoms with Crippen LogP contribution in [0.2, 0.25) is 0 Å². The lowest BCUT2D eigenvalue weighted by atomic mass is 10.1. The molecule has 3 heteroatoms. The Kier molecular flexibility index (Phi) is 2.98. The minimum absolute atomic E-state index is 0.113. The van der Waals surface area contributed by atoms with Crippen molar-refractivity contribution in [3.05, 3.63) is 16.1 Å². The van der Waals surface area contributed by atoms with E-state index >= 15 is 0 Å². The van der Waals surface area contributed by atoms with Crippen LogP contribution in [-0.4, -0.2) is 10.8 Å². The second kappa shape index (κ2) is 3.81. The van der Waals surface area contributed by atoms with E-state index in [1.807, 2.05) is 0 Å². The van der Waals surface area contributed by atoms with Crippen molar-refractivity contribution in [2.45, 2.75) is 33.1 Å². The van der Waals surface area contributed by atoms with Crippen LogP contribution in [0, 0.1) is 0 Å². The summed E-state index contributed by atoms with van der Waals surface area (Å²) in [5, 5.41) is 1.07. The zero-order valence-electron chi connectivity index (χ0n) is 7.63. The third-order valence-corrected chi connectivity index (χ3v) is 3.23. The van der Waals surface area contributed by atoms with Gasteiger partial charge < -0.3 is 0 Å². The van der Waals surface area contributed by atoms with Crippen molar-refractivity contribution >= 4 is 17.1 Å². The molecule has 0 aliphatic carbocycles. The number of nitrogens with zero attached hydrogens (tertiary/aromatic N) is 1. The van der Waals surface area contributed by atoms with Crippen molar-refractivity contribution in [3.63, 3.8) is 0 Å². The van der Waals surface area contributed by atoms with Gasteiger partial charge in [0.05, 0.1) is 9.88 Å². The van der Waals surface area contributed by atoms with Crippen LogP contribution in [0.1, 0.15) is 47.8 Å². The summed E-state index contributed by atoms with van der Waals surface area (Å²) in [7, 11) is 0. The van der Waals surface area contributed by atoms with Crippen molar-refractivity contribution < 1.29 is 4.79 Å². The number of carbonyl (C=O) groups is 1. The molecule has 0 aromatic carbocycles. The van der Waals surface area contributed by atoms with Gasteiger partial charge in [0, 0.05) is 19.0 Å². The van der Waals surface area contributed by atoms with Crippen LogP contribution in [-0.2, 0) is 0 Å². The highest BCUT2D eigenvalue weighted by Gasteiger charge is 2.10. The van der Waals surface area contributed by atoms with Crippen molar-refractivity contribution in [2.24, 2.45) is 0 Å². The molecule has 0 bridgehead atoms. The molecule has 0 aliphatic heterocycles. The fourth-order valence-electron chi connectivity index (χ4n) is 0.853. The number of rotatable bonds is 3. The topological polar surface area (TPSA) is 30.0 Å². The van der Waals surface area contributed by atoms with Gasteiger partial charge in [0.15, 0.2) is 5.78 Å². The molecule has 1 aromatic rings. The lowest BCUT2D eigenvalue weighted by Crippen LogP contribution is -1.87. The summed E-state index contributed by atoms with van der Waals surface area (Å²) in [5.74, 6) is 0.588. The number of carbonyl (C=O) groups excluding carboxylic acids is 1. The van der Waals surface area contributed by atoms with E-state index < -0.39 is 0 Å². The molecule has 1 rings (SSSR count). The number of aromatic nitrogens is 1. The average Bonchev–Trinajstić information content (AvgIpc) is 2.51. The maximum atomic E-state index is 10.9. The first-order valence-electron chi connectivity index (χ1n) is 4.11. The number of Topliss-reactive ketones (excluding diaryl/α,β-unsaturated/α-hetero) is 1. The third-order valence-electron chi connectivity index (χ3n) is 1.90. The smallest absolute Gasteiger partial charge is 0.171 e. The van der Waals surface area contributed by atoms with Gasteiger partial charge in [0.2, 0.25) is 0 Å². The molecule has 0 N–H and O–H groups in total. The van der Waals surface area contributed by atoms with E-state index in [9.17, 15) is 4.79 Å². The summed E-state index contributed by atoms with van der Waals surface area (Å²) in [6.07, 6.45) is 2.75. The Morgan fingerprint density at radius 2 is 2.42 bits per heavy atom. The fourth-order valence-corrected chi connectivity index (χ4v) is 1.80. The first-order chi connectivity index (χ1) is 5.65. The zero-order valence-corrected chi connectivity index (χ0v) is 8.44. The Balaban J connectivity index is 2.84. The van der Waals surface area contributed by atoms with E-state index in [4.69, 9.17) is 0 Å². The second-order valence-corrected chi connectivity index (χ2v) is 3.99. The van der Waals surface area contributed by atoms with Gasteiger partial charge in [0.25, 0.3) is 0 Å². The molecule has 66 valence electrons. The van der Waals surface area contributed by atoms with E-state index in [1.54, 1.807) is 13.1 Å². The van der Waals surface area contributed by atoms with Crippen molar-refractivity contribution in [2.75, 3.05) is 0 Å². The molecule has 1 atom stereocenters. The molecular weight excluding hydrogens is 170 g/mol. The van der Waals surface area contributed by atoms with Gasteiger partial charge in [-0.15, -0.1) is 11.3 Å². The summed E-state index contributed by atoms with van der Waals surface area (Å²) < 4.78 is 0. The van der Waals surface area contributed by atoms with Gasteiger partial charge >= 0.3 is 0 Å². The van der Waals surface area contributed by atoms with Crippen LogP contribution in [0.5, 0.6) is 0 Å². The predicted molar refractivity (Wildman–Crippen MR) is 50.8 cm³/mol. The highest BCUT2D eigenvalue weighted by Crippen LogP contribution is 2.23. The van der Waals surface area contributed by atoms with Crippen LogP contribution in [0.4, 0.5) is 0 Å². The summed E-state index contributed by atoms with van der Waals surface area (Å²) >= 11 is 1.51. The van der Waals surface area contributed by atoms with Crippen LogP contribution >= 0.6 is 11.3 Å². The molecule has 0 spiro atoms. The van der Waals surface area contributed by atoms with Crippen LogP contribution in [0.3, 0.4) is 0 Å². The predicted octanol–water partition coefficient (Wildman–Crippen LogP) is 2.86. The fraction of sp³-hybridized carbons (Fsp3) is 0.556. The van der Waals surface area contributed by atoms with Crippen molar-refractivity contribution in [1.29, 1.82) is 0 Å². The molecule has 12 heavy (non-hydrogen) atoms. The number of hydrogen-bond acceptors (Lipinski definition) is 3. The molecule has 2 nitrogen and oxygen atoms in total. The largest absolute Gasteiger partial charge is 0.294 e. The first-order valence-corrected chi connectivity index (χ1v) is 4.93. The standard InChI is InChI=1S/C9H13NOS/c1-4-6(2)9-10-5-8(12-9)7(3)11/h5-6H,4H2,1-3H3. The van der Waals surface area contributed by atoms with Gasteiger partial charge in [-0.1, -0.05) is 13.8 Å². The van der Waals surface area contributed by atoms with Gasteiger partial charge in [-0.25, -0.2) is 4.98 Å². The molecule has 0 saturated heterocycles. The van der Waals surface area contributed by atoms with Gasteiger partial charge in [-0.3, -0.25) is 4.79 Å². The number of ketones is 1. The zero-order chi connectivity index (χ0) is 9.14. The van der Waals surface area contributed by atoms with Crippen molar-refractivity contribution in [3.8, 4) is 0 Å². The molecule has 1 aromatic heterocycles. The Hall–Kier alpha value is -0.700. The molecule has 0 aliphatic rings. The van der Waals surface area contributed by atoms with E-state index in [-0.39, 0.29) is 5.78 Å². The Labute approximate surface area is 76.6 Å². The lowest BCUT2D eigenvalue weighted by Gasteiger charge is -2.00.